The molecule has 1 saturated carbocycles. The summed E-state index contributed by atoms with van der Waals surface area (Å²) in [5.74, 6) is -1.19. The van der Waals surface area contributed by atoms with Crippen LogP contribution in [-0.4, -0.2) is 39.7 Å². The van der Waals surface area contributed by atoms with E-state index in [4.69, 9.17) is 0 Å². The van der Waals surface area contributed by atoms with Crippen LogP contribution in [0.4, 0.5) is 5.69 Å². The molecule has 0 bridgehead atoms. The fourth-order valence-electron chi connectivity index (χ4n) is 3.38. The van der Waals surface area contributed by atoms with Gasteiger partial charge in [-0.1, -0.05) is 37.5 Å². The van der Waals surface area contributed by atoms with Gasteiger partial charge < -0.3 is 10.0 Å². The van der Waals surface area contributed by atoms with E-state index in [1.54, 1.807) is 4.90 Å². The number of rotatable bonds is 4. The number of aliphatic carboxylic acids is 1. The summed E-state index contributed by atoms with van der Waals surface area (Å²) in [5, 5.41) is 13.6. The van der Waals surface area contributed by atoms with E-state index in [-0.39, 0.29) is 18.4 Å². The molecule has 2 fully saturated rings. The zero-order chi connectivity index (χ0) is 16.2. The normalized spacial score (nSPS) is 24.2. The molecule has 23 heavy (non-hydrogen) atoms. The second kappa shape index (κ2) is 6.81. The second-order valence-electron chi connectivity index (χ2n) is 6.10. The van der Waals surface area contributed by atoms with Gasteiger partial charge in [0.2, 0.25) is 0 Å². The number of amides is 1. The van der Waals surface area contributed by atoms with Gasteiger partial charge in [-0.3, -0.25) is 10.2 Å². The van der Waals surface area contributed by atoms with Gasteiger partial charge in [0.25, 0.3) is 5.91 Å². The van der Waals surface area contributed by atoms with Crippen LogP contribution in [0.3, 0.4) is 0 Å². The number of likely N-dealkylation sites (tertiary alicyclic amines) is 1. The SMILES string of the molecule is O=C(O)[C@H]1C/C(=N\Nc2ccccc2)C(=O)N1C1CCCCC1. The van der Waals surface area contributed by atoms with E-state index >= 15 is 0 Å². The number of carboxylic acids is 1. The minimum Gasteiger partial charge on any atom is -0.480 e. The Bertz CT molecular complexity index is 609. The molecule has 1 amide bonds. The van der Waals surface area contributed by atoms with Crippen LogP contribution in [0.2, 0.25) is 0 Å². The lowest BCUT2D eigenvalue weighted by molar-refractivity contribution is -0.147. The highest BCUT2D eigenvalue weighted by molar-refractivity contribution is 6.42. The summed E-state index contributed by atoms with van der Waals surface area (Å²) >= 11 is 0. The number of hydrogen-bond donors (Lipinski definition) is 2. The fraction of sp³-hybridized carbons (Fsp3) is 0.471. The molecule has 1 aliphatic heterocycles. The Hall–Kier alpha value is -2.37. The van der Waals surface area contributed by atoms with E-state index < -0.39 is 12.0 Å². The van der Waals surface area contributed by atoms with Crippen molar-refractivity contribution in [3.8, 4) is 0 Å². The summed E-state index contributed by atoms with van der Waals surface area (Å²) < 4.78 is 0. The summed E-state index contributed by atoms with van der Waals surface area (Å²) in [4.78, 5) is 25.7. The topological polar surface area (TPSA) is 82.0 Å². The van der Waals surface area contributed by atoms with Crippen molar-refractivity contribution in [2.45, 2.75) is 50.6 Å². The first-order valence-electron chi connectivity index (χ1n) is 8.10. The maximum atomic E-state index is 12.6. The van der Waals surface area contributed by atoms with Crippen molar-refractivity contribution >= 4 is 23.3 Å². The van der Waals surface area contributed by atoms with Crippen LogP contribution >= 0.6 is 0 Å². The largest absolute Gasteiger partial charge is 0.480 e. The molecular weight excluding hydrogens is 294 g/mol. The first-order valence-corrected chi connectivity index (χ1v) is 8.10. The number of hydrogen-bond acceptors (Lipinski definition) is 4. The highest BCUT2D eigenvalue weighted by Crippen LogP contribution is 2.29. The molecule has 6 nitrogen and oxygen atoms in total. The third-order valence-electron chi connectivity index (χ3n) is 4.55. The molecule has 0 radical (unpaired) electrons. The average Bonchev–Trinajstić information content (AvgIpc) is 2.92. The molecule has 1 heterocycles. The number of para-hydroxylation sites is 1. The molecule has 1 aromatic rings. The molecule has 1 aromatic carbocycles. The Balaban J connectivity index is 1.77. The van der Waals surface area contributed by atoms with Gasteiger partial charge in [-0.15, -0.1) is 0 Å². The first kappa shape index (κ1) is 15.5. The molecule has 1 atom stereocenters. The maximum Gasteiger partial charge on any atom is 0.326 e. The second-order valence-corrected chi connectivity index (χ2v) is 6.10. The summed E-state index contributed by atoms with van der Waals surface area (Å²) in [7, 11) is 0. The van der Waals surface area contributed by atoms with Crippen molar-refractivity contribution in [1.29, 1.82) is 0 Å². The van der Waals surface area contributed by atoms with E-state index in [0.29, 0.717) is 5.71 Å². The van der Waals surface area contributed by atoms with E-state index in [0.717, 1.165) is 37.8 Å². The molecular formula is C17H21N3O3. The summed E-state index contributed by atoms with van der Waals surface area (Å²) in [6, 6.07) is 8.56. The molecule has 2 aliphatic rings. The van der Waals surface area contributed by atoms with Gasteiger partial charge in [0, 0.05) is 12.5 Å². The highest BCUT2D eigenvalue weighted by Gasteiger charge is 2.44. The van der Waals surface area contributed by atoms with Gasteiger partial charge in [0.15, 0.2) is 0 Å². The van der Waals surface area contributed by atoms with Crippen LogP contribution in [0.25, 0.3) is 0 Å². The quantitative estimate of drug-likeness (QED) is 0.836. The van der Waals surface area contributed by atoms with Gasteiger partial charge in [0.05, 0.1) is 5.69 Å². The van der Waals surface area contributed by atoms with Gasteiger partial charge in [0.1, 0.15) is 11.8 Å². The number of benzene rings is 1. The van der Waals surface area contributed by atoms with Crippen LogP contribution in [0.5, 0.6) is 0 Å². The van der Waals surface area contributed by atoms with Gasteiger partial charge in [-0.25, -0.2) is 4.79 Å². The Labute approximate surface area is 135 Å². The van der Waals surface area contributed by atoms with Crippen molar-refractivity contribution in [1.82, 2.24) is 4.90 Å². The number of hydrazone groups is 1. The zero-order valence-electron chi connectivity index (χ0n) is 12.9. The molecule has 0 aromatic heterocycles. The Morgan fingerprint density at radius 2 is 1.87 bits per heavy atom. The lowest BCUT2D eigenvalue weighted by Crippen LogP contribution is -2.46. The third-order valence-corrected chi connectivity index (χ3v) is 4.55. The van der Waals surface area contributed by atoms with E-state index in [1.807, 2.05) is 30.3 Å². The predicted molar refractivity (Wildman–Crippen MR) is 87.3 cm³/mol. The molecule has 1 saturated heterocycles. The Morgan fingerprint density at radius 3 is 2.52 bits per heavy atom. The Kier molecular flexibility index (Phi) is 4.60. The lowest BCUT2D eigenvalue weighted by atomic mass is 9.93. The monoisotopic (exact) mass is 315 g/mol. The highest BCUT2D eigenvalue weighted by atomic mass is 16.4. The maximum absolute atomic E-state index is 12.6. The molecule has 6 heteroatoms. The minimum atomic E-state index is -0.950. The van der Waals surface area contributed by atoms with Crippen LogP contribution in [0.1, 0.15) is 38.5 Å². The molecule has 2 N–H and O–H groups in total. The Morgan fingerprint density at radius 1 is 1.17 bits per heavy atom. The van der Waals surface area contributed by atoms with E-state index in [2.05, 4.69) is 10.5 Å². The van der Waals surface area contributed by atoms with Crippen LogP contribution in [-0.2, 0) is 9.59 Å². The predicted octanol–water partition coefficient (Wildman–Crippen LogP) is 2.47. The number of anilines is 1. The fourth-order valence-corrected chi connectivity index (χ4v) is 3.38. The van der Waals surface area contributed by atoms with E-state index in [9.17, 15) is 14.7 Å². The third kappa shape index (κ3) is 3.36. The van der Waals surface area contributed by atoms with Gasteiger partial charge >= 0.3 is 5.97 Å². The number of carboxylic acid groups (broad SMARTS) is 1. The van der Waals surface area contributed by atoms with Crippen LogP contribution in [0.15, 0.2) is 35.4 Å². The standard InChI is InChI=1S/C17H21N3O3/c21-16-14(19-18-12-7-3-1-4-8-12)11-15(17(22)23)20(16)13-9-5-2-6-10-13/h1,3-4,7-8,13,15,18H,2,5-6,9-11H2,(H,22,23)/b19-14+/t15-/m1/s1. The lowest BCUT2D eigenvalue weighted by Gasteiger charge is -2.33. The molecule has 0 unspecified atom stereocenters. The number of carbonyl (C=O) groups excluding carboxylic acids is 1. The van der Waals surface area contributed by atoms with Crippen molar-refractivity contribution in [3.05, 3.63) is 30.3 Å². The summed E-state index contributed by atoms with van der Waals surface area (Å²) in [5.41, 5.74) is 3.92. The zero-order valence-corrected chi connectivity index (χ0v) is 12.9. The van der Waals surface area contributed by atoms with Crippen LogP contribution in [0, 0.1) is 0 Å². The first-order chi connectivity index (χ1) is 11.2. The summed E-state index contributed by atoms with van der Waals surface area (Å²) in [6.07, 6.45) is 5.19. The number of nitrogens with one attached hydrogen (secondary N) is 1. The smallest absolute Gasteiger partial charge is 0.326 e. The average molecular weight is 315 g/mol. The minimum absolute atomic E-state index is 0.0294. The number of carbonyl (C=O) groups is 2. The molecule has 0 spiro atoms. The van der Waals surface area contributed by atoms with Crippen molar-refractivity contribution < 1.29 is 14.7 Å². The van der Waals surface area contributed by atoms with Gasteiger partial charge in [-0.05, 0) is 25.0 Å². The van der Waals surface area contributed by atoms with Crippen molar-refractivity contribution in [2.24, 2.45) is 5.10 Å². The van der Waals surface area contributed by atoms with Crippen LogP contribution < -0.4 is 5.43 Å². The molecule has 122 valence electrons. The van der Waals surface area contributed by atoms with Crippen molar-refractivity contribution in [3.63, 3.8) is 0 Å². The molecule has 3 rings (SSSR count). The number of nitrogens with zero attached hydrogens (tertiary/aromatic N) is 2. The molecule has 1 aliphatic carbocycles. The van der Waals surface area contributed by atoms with Gasteiger partial charge in [-0.2, -0.15) is 5.10 Å². The van der Waals surface area contributed by atoms with Crippen molar-refractivity contribution in [2.75, 3.05) is 5.43 Å². The summed E-state index contributed by atoms with van der Waals surface area (Å²) in [6.45, 7) is 0. The van der Waals surface area contributed by atoms with E-state index in [1.165, 1.54) is 0 Å².